The second kappa shape index (κ2) is 5.14. The molecule has 5 heteroatoms. The van der Waals surface area contributed by atoms with E-state index in [9.17, 15) is 9.59 Å². The molecular formula is C14H15NO4. The smallest absolute Gasteiger partial charge is 0.355 e. The Morgan fingerprint density at radius 3 is 2.74 bits per heavy atom. The Morgan fingerprint density at radius 1 is 1.42 bits per heavy atom. The fraction of sp³-hybridized carbons (Fsp3) is 0.286. The number of hydrogen-bond donors (Lipinski definition) is 0. The first-order chi connectivity index (χ1) is 9.15. The number of nitrogens with zero attached hydrogens (tertiary/aromatic N) is 1. The summed E-state index contributed by atoms with van der Waals surface area (Å²) in [6.45, 7) is 1.98. The molecule has 0 N–H and O–H groups in total. The Kier molecular flexibility index (Phi) is 3.55. The van der Waals surface area contributed by atoms with Crippen LogP contribution in [0.2, 0.25) is 0 Å². The van der Waals surface area contributed by atoms with Crippen LogP contribution in [0.1, 0.15) is 27.8 Å². The number of carbonyl (C=O) groups excluding carboxylic acids is 2. The lowest BCUT2D eigenvalue weighted by Crippen LogP contribution is -2.12. The molecular weight excluding hydrogens is 246 g/mol. The maximum Gasteiger partial charge on any atom is 0.355 e. The van der Waals surface area contributed by atoms with Crippen molar-refractivity contribution in [2.75, 3.05) is 13.7 Å². The van der Waals surface area contributed by atoms with Crippen LogP contribution in [0.25, 0.3) is 10.9 Å². The zero-order valence-electron chi connectivity index (χ0n) is 11.1. The van der Waals surface area contributed by atoms with E-state index in [4.69, 9.17) is 9.47 Å². The molecule has 5 nitrogen and oxygen atoms in total. The van der Waals surface area contributed by atoms with Crippen LogP contribution in [-0.4, -0.2) is 30.5 Å². The van der Waals surface area contributed by atoms with Gasteiger partial charge in [0.1, 0.15) is 11.4 Å². The van der Waals surface area contributed by atoms with Gasteiger partial charge in [0, 0.05) is 12.4 Å². The summed E-state index contributed by atoms with van der Waals surface area (Å²) < 4.78 is 11.9. The van der Waals surface area contributed by atoms with Crippen molar-refractivity contribution >= 4 is 23.2 Å². The van der Waals surface area contributed by atoms with Gasteiger partial charge in [0.05, 0.1) is 24.8 Å². The lowest BCUT2D eigenvalue weighted by Gasteiger charge is -2.06. The van der Waals surface area contributed by atoms with Gasteiger partial charge in [-0.3, -0.25) is 4.79 Å². The van der Waals surface area contributed by atoms with Gasteiger partial charge < -0.3 is 14.0 Å². The predicted octanol–water partition coefficient (Wildman–Crippen LogP) is 2.18. The van der Waals surface area contributed by atoms with Crippen molar-refractivity contribution in [3.05, 3.63) is 29.5 Å². The van der Waals surface area contributed by atoms with Gasteiger partial charge in [-0.1, -0.05) is 12.1 Å². The highest BCUT2D eigenvalue weighted by atomic mass is 16.5. The molecule has 1 aromatic heterocycles. The van der Waals surface area contributed by atoms with Crippen molar-refractivity contribution in [1.29, 1.82) is 0 Å². The molecule has 0 aliphatic heterocycles. The minimum atomic E-state index is -0.509. The average Bonchev–Trinajstić information content (AvgIpc) is 2.71. The van der Waals surface area contributed by atoms with E-state index in [-0.39, 0.29) is 12.3 Å². The Balaban J connectivity index is 2.81. The Morgan fingerprint density at radius 2 is 2.16 bits per heavy atom. The van der Waals surface area contributed by atoms with E-state index in [0.717, 1.165) is 0 Å². The fourth-order valence-corrected chi connectivity index (χ4v) is 2.24. The molecule has 0 aliphatic rings. The van der Waals surface area contributed by atoms with Gasteiger partial charge in [-0.2, -0.15) is 0 Å². The molecule has 0 radical (unpaired) electrons. The van der Waals surface area contributed by atoms with Gasteiger partial charge in [0.2, 0.25) is 0 Å². The molecule has 0 saturated carbocycles. The first-order valence-corrected chi connectivity index (χ1v) is 5.93. The summed E-state index contributed by atoms with van der Waals surface area (Å²) >= 11 is 0. The number of para-hydroxylation sites is 1. The van der Waals surface area contributed by atoms with Gasteiger partial charge in [-0.25, -0.2) is 4.79 Å². The number of aldehydes is 1. The minimum absolute atomic E-state index is 0.247. The molecule has 1 aromatic carbocycles. The number of methoxy groups -OCH3 is 1. The lowest BCUT2D eigenvalue weighted by molar-refractivity contribution is 0.0513. The quantitative estimate of drug-likeness (QED) is 0.625. The highest BCUT2D eigenvalue weighted by Crippen LogP contribution is 2.31. The molecule has 0 amide bonds. The third kappa shape index (κ3) is 1.97. The molecule has 2 rings (SSSR count). The SMILES string of the molecule is CCOC(=O)c1c(C=O)c2cccc(OC)c2n1C. The minimum Gasteiger partial charge on any atom is -0.495 e. The molecule has 0 unspecified atom stereocenters. The molecule has 0 aliphatic carbocycles. The van der Waals surface area contributed by atoms with Crippen LogP contribution in [0.3, 0.4) is 0 Å². The zero-order chi connectivity index (χ0) is 14.0. The summed E-state index contributed by atoms with van der Waals surface area (Å²) in [6.07, 6.45) is 0.675. The summed E-state index contributed by atoms with van der Waals surface area (Å²) in [6, 6.07) is 5.35. The van der Waals surface area contributed by atoms with Crippen LogP contribution in [0.4, 0.5) is 0 Å². The maximum atomic E-state index is 12.0. The van der Waals surface area contributed by atoms with E-state index in [0.29, 0.717) is 28.5 Å². The third-order valence-electron chi connectivity index (χ3n) is 3.02. The van der Waals surface area contributed by atoms with Gasteiger partial charge in [-0.05, 0) is 13.0 Å². The van der Waals surface area contributed by atoms with Gasteiger partial charge in [0.15, 0.2) is 6.29 Å². The second-order valence-corrected chi connectivity index (χ2v) is 4.02. The van der Waals surface area contributed by atoms with Crippen LogP contribution < -0.4 is 4.74 Å². The molecule has 19 heavy (non-hydrogen) atoms. The maximum absolute atomic E-state index is 12.0. The second-order valence-electron chi connectivity index (χ2n) is 4.02. The number of carbonyl (C=O) groups is 2. The lowest BCUT2D eigenvalue weighted by atomic mass is 10.1. The highest BCUT2D eigenvalue weighted by Gasteiger charge is 2.23. The molecule has 0 spiro atoms. The topological polar surface area (TPSA) is 57.5 Å². The molecule has 0 fully saturated rings. The number of ether oxygens (including phenoxy) is 2. The molecule has 0 saturated heterocycles. The zero-order valence-corrected chi connectivity index (χ0v) is 11.1. The molecule has 2 aromatic rings. The number of aryl methyl sites for hydroxylation is 1. The highest BCUT2D eigenvalue weighted by molar-refractivity contribution is 6.09. The van der Waals surface area contributed by atoms with Gasteiger partial charge in [-0.15, -0.1) is 0 Å². The number of hydrogen-bond acceptors (Lipinski definition) is 4. The van der Waals surface area contributed by atoms with E-state index in [1.165, 1.54) is 0 Å². The summed E-state index contributed by atoms with van der Waals surface area (Å²) in [7, 11) is 3.26. The molecule has 1 heterocycles. The van der Waals surface area contributed by atoms with E-state index in [1.54, 1.807) is 43.8 Å². The Bertz CT molecular complexity index is 642. The van der Waals surface area contributed by atoms with E-state index in [1.807, 2.05) is 0 Å². The van der Waals surface area contributed by atoms with Crippen LogP contribution in [0.5, 0.6) is 5.75 Å². The van der Waals surface area contributed by atoms with Crippen molar-refractivity contribution < 1.29 is 19.1 Å². The Hall–Kier alpha value is -2.30. The first-order valence-electron chi connectivity index (χ1n) is 5.93. The Labute approximate surface area is 110 Å². The number of rotatable bonds is 4. The van der Waals surface area contributed by atoms with Crippen LogP contribution in [0.15, 0.2) is 18.2 Å². The normalized spacial score (nSPS) is 10.5. The van der Waals surface area contributed by atoms with Crippen LogP contribution in [0, 0.1) is 0 Å². The van der Waals surface area contributed by atoms with E-state index >= 15 is 0 Å². The van der Waals surface area contributed by atoms with Crippen molar-refractivity contribution in [2.45, 2.75) is 6.92 Å². The number of fused-ring (bicyclic) bond motifs is 1. The van der Waals surface area contributed by atoms with Crippen molar-refractivity contribution in [3.63, 3.8) is 0 Å². The summed E-state index contributed by atoms with van der Waals surface area (Å²) in [5, 5.41) is 0.680. The first kappa shape index (κ1) is 13.1. The van der Waals surface area contributed by atoms with Gasteiger partial charge >= 0.3 is 5.97 Å². The monoisotopic (exact) mass is 261 g/mol. The van der Waals surface area contributed by atoms with Crippen molar-refractivity contribution in [2.24, 2.45) is 7.05 Å². The third-order valence-corrected chi connectivity index (χ3v) is 3.02. The summed E-state index contributed by atoms with van der Waals surface area (Å²) in [5.74, 6) is 0.101. The number of esters is 1. The largest absolute Gasteiger partial charge is 0.495 e. The van der Waals surface area contributed by atoms with Crippen molar-refractivity contribution in [1.82, 2.24) is 4.57 Å². The molecule has 100 valence electrons. The van der Waals surface area contributed by atoms with Crippen molar-refractivity contribution in [3.8, 4) is 5.75 Å². The predicted molar refractivity (Wildman–Crippen MR) is 70.8 cm³/mol. The number of benzene rings is 1. The summed E-state index contributed by atoms with van der Waals surface area (Å²) in [4.78, 5) is 23.3. The van der Waals surface area contributed by atoms with E-state index < -0.39 is 5.97 Å². The fourth-order valence-electron chi connectivity index (χ4n) is 2.24. The summed E-state index contributed by atoms with van der Waals surface area (Å²) in [5.41, 5.74) is 1.28. The van der Waals surface area contributed by atoms with E-state index in [2.05, 4.69) is 0 Å². The average molecular weight is 261 g/mol. The standard InChI is InChI=1S/C14H15NO4/c1-4-19-14(17)13-10(8-16)9-6-5-7-11(18-3)12(9)15(13)2/h5-8H,4H2,1-3H3. The molecule has 0 bridgehead atoms. The van der Waals surface area contributed by atoms with Crippen LogP contribution >= 0.6 is 0 Å². The van der Waals surface area contributed by atoms with Crippen LogP contribution in [-0.2, 0) is 11.8 Å². The number of aromatic nitrogens is 1. The van der Waals surface area contributed by atoms with Gasteiger partial charge in [0.25, 0.3) is 0 Å². The molecule has 0 atom stereocenters.